The van der Waals surface area contributed by atoms with Gasteiger partial charge in [-0.25, -0.2) is 0 Å². The van der Waals surface area contributed by atoms with Crippen LogP contribution in [0.2, 0.25) is 0 Å². The van der Waals surface area contributed by atoms with Crippen LogP contribution in [0.15, 0.2) is 413 Å². The van der Waals surface area contributed by atoms with Crippen molar-refractivity contribution in [2.75, 3.05) is 39.6 Å². The van der Waals surface area contributed by atoms with Crippen LogP contribution in [0.1, 0.15) is 154 Å². The Morgan fingerprint density at radius 1 is 0.167 bits per heavy atom. The molecule has 4 aliphatic rings. The van der Waals surface area contributed by atoms with Gasteiger partial charge >= 0.3 is 0 Å². The number of unbranched alkanes of at least 4 members (excludes halogenated alkanes) is 4. The average molecular weight is 1890 g/mol. The number of phenols is 6. The lowest BCUT2D eigenvalue weighted by Crippen LogP contribution is -2.28. The highest BCUT2D eigenvalue weighted by Crippen LogP contribution is 2.64. The monoisotopic (exact) mass is 1880 g/mol. The van der Waals surface area contributed by atoms with E-state index in [1.54, 1.807) is 24.3 Å². The van der Waals surface area contributed by atoms with Gasteiger partial charge in [0.2, 0.25) is 0 Å². The van der Waals surface area contributed by atoms with Crippen LogP contribution in [0.25, 0.3) is 87.6 Å². The quantitative estimate of drug-likeness (QED) is 0.0235. The Morgan fingerprint density at radius 2 is 0.347 bits per heavy atom. The zero-order chi connectivity index (χ0) is 97.6. The number of phenolic OH excluding ortho intramolecular Hbond substituents is 6. The van der Waals surface area contributed by atoms with Gasteiger partial charge in [-0.05, 0) is 290 Å². The molecule has 20 aromatic rings. The summed E-state index contributed by atoms with van der Waals surface area (Å²) in [7, 11) is 0. The summed E-state index contributed by atoms with van der Waals surface area (Å²) in [5, 5.41) is 75.9. The summed E-state index contributed by atoms with van der Waals surface area (Å²) in [6.07, 6.45) is 7.31. The minimum absolute atomic E-state index is 0.0171. The second kappa shape index (κ2) is 38.2. The van der Waals surface area contributed by atoms with Crippen molar-refractivity contribution in [3.05, 3.63) is 502 Å². The third-order valence-corrected chi connectivity index (χ3v) is 30.0. The van der Waals surface area contributed by atoms with Gasteiger partial charge in [-0.3, -0.25) is 0 Å². The Balaban J connectivity index is 0.000000160. The Morgan fingerprint density at radius 3 is 0.562 bits per heavy atom. The highest BCUT2D eigenvalue weighted by atomic mass is 16.5. The topological polar surface area (TPSA) is 177 Å². The van der Waals surface area contributed by atoms with Gasteiger partial charge in [0.05, 0.1) is 61.3 Å². The minimum Gasteiger partial charge on any atom is -0.508 e. The van der Waals surface area contributed by atoms with Gasteiger partial charge < -0.3 is 59.1 Å². The molecular weight excluding hydrogens is 1780 g/mol. The second-order valence-corrected chi connectivity index (χ2v) is 38.2. The third kappa shape index (κ3) is 15.6. The summed E-state index contributed by atoms with van der Waals surface area (Å²) in [5.41, 5.74) is 22.3. The van der Waals surface area contributed by atoms with Crippen molar-refractivity contribution in [2.24, 2.45) is 0 Å². The summed E-state index contributed by atoms with van der Waals surface area (Å²) in [6, 6.07) is 141. The van der Waals surface area contributed by atoms with E-state index in [2.05, 4.69) is 317 Å². The first-order chi connectivity index (χ1) is 70.7. The van der Waals surface area contributed by atoms with Crippen LogP contribution < -0.4 is 28.4 Å². The van der Waals surface area contributed by atoms with E-state index in [1.807, 2.05) is 72.8 Å². The van der Waals surface area contributed by atoms with Crippen molar-refractivity contribution >= 4 is 43.1 Å². The smallest absolute Gasteiger partial charge is 0.124 e. The first-order valence-electron chi connectivity index (χ1n) is 50.2. The molecule has 12 nitrogen and oxygen atoms in total. The van der Waals surface area contributed by atoms with E-state index in [0.29, 0.717) is 62.3 Å². The van der Waals surface area contributed by atoms with E-state index in [4.69, 9.17) is 28.4 Å². The third-order valence-electron chi connectivity index (χ3n) is 30.0. The molecule has 0 unspecified atom stereocenters. The van der Waals surface area contributed by atoms with E-state index in [0.717, 1.165) is 218 Å². The fraction of sp³-hybridized carbons (Fsp3) is 0.152. The van der Waals surface area contributed by atoms with Crippen LogP contribution in [0, 0.1) is 0 Å². The zero-order valence-electron chi connectivity index (χ0n) is 80.3. The van der Waals surface area contributed by atoms with Gasteiger partial charge in [0, 0.05) is 46.5 Å². The molecule has 0 spiro atoms. The number of hydrogen-bond donors (Lipinski definition) is 6. The zero-order valence-corrected chi connectivity index (χ0v) is 80.3. The highest BCUT2D eigenvalue weighted by molar-refractivity contribution is 5.97. The van der Waals surface area contributed by atoms with Gasteiger partial charge in [0.25, 0.3) is 0 Å². The molecule has 144 heavy (non-hydrogen) atoms. The van der Waals surface area contributed by atoms with E-state index in [9.17, 15) is 30.6 Å². The number of aromatic hydroxyl groups is 6. The molecule has 0 atom stereocenters. The molecule has 0 heterocycles. The van der Waals surface area contributed by atoms with Crippen molar-refractivity contribution in [1.29, 1.82) is 0 Å². The van der Waals surface area contributed by atoms with Crippen LogP contribution in [-0.4, -0.2) is 70.3 Å². The van der Waals surface area contributed by atoms with E-state index < -0.39 is 21.7 Å². The summed E-state index contributed by atoms with van der Waals surface area (Å²) in [6.45, 7) is 7.75. The first kappa shape index (κ1) is 90.9. The molecule has 0 saturated carbocycles. The molecular formula is C132H108O12. The minimum atomic E-state index is -0.798. The molecule has 0 amide bonds. The van der Waals surface area contributed by atoms with Gasteiger partial charge in [-0.2, -0.15) is 0 Å². The van der Waals surface area contributed by atoms with Crippen molar-refractivity contribution < 1.29 is 59.1 Å². The Bertz CT molecular complexity index is 7670. The van der Waals surface area contributed by atoms with Crippen LogP contribution in [-0.2, 0) is 21.7 Å². The van der Waals surface area contributed by atoms with Crippen molar-refractivity contribution in [3.63, 3.8) is 0 Å². The molecule has 12 heteroatoms. The lowest BCUT2D eigenvalue weighted by atomic mass is 9.67. The van der Waals surface area contributed by atoms with Gasteiger partial charge in [-0.15, -0.1) is 0 Å². The van der Waals surface area contributed by atoms with Gasteiger partial charge in [-0.1, -0.05) is 318 Å². The van der Waals surface area contributed by atoms with Crippen molar-refractivity contribution in [3.8, 4) is 114 Å². The van der Waals surface area contributed by atoms with E-state index in [1.165, 1.54) is 34.4 Å². The van der Waals surface area contributed by atoms with Crippen LogP contribution >= 0.6 is 0 Å². The molecule has 0 fully saturated rings. The van der Waals surface area contributed by atoms with Crippen LogP contribution in [0.4, 0.5) is 0 Å². The molecule has 708 valence electrons. The summed E-state index contributed by atoms with van der Waals surface area (Å²) in [4.78, 5) is 0. The van der Waals surface area contributed by atoms with E-state index in [-0.39, 0.29) is 34.5 Å². The molecule has 4 aliphatic carbocycles. The Kier molecular flexibility index (Phi) is 24.1. The largest absolute Gasteiger partial charge is 0.508 e. The average Bonchev–Trinajstić information content (AvgIpc) is 1.55. The molecule has 24 rings (SSSR count). The molecule has 6 N–H and O–H groups in total. The summed E-state index contributed by atoms with van der Waals surface area (Å²) >= 11 is 0. The molecule has 0 bridgehead atoms. The van der Waals surface area contributed by atoms with Crippen molar-refractivity contribution in [2.45, 2.75) is 86.9 Å². The second-order valence-electron chi connectivity index (χ2n) is 38.2. The number of rotatable bonds is 30. The SMILES string of the molecule is CCCCOc1ccc(C2(c3ccc4cc(OCCCCOc5ccc6cc(C7(c8ccc(OCCCC)cc8O)c8ccccc8-c8ccccc87)ccc6c5)ccc4c3)c3ccccc3-c3ccccc32)c(O)c1.Oc1ccc(C2(c3ccc4cc(OCCCCOc5ccc6cc(C7(c8ccc(O)cc8O)c8ccccc8-c8ccccc87)ccc6c5)ccc4c3)c3ccccc3-c3ccccc32)c(O)c1. The van der Waals surface area contributed by atoms with Crippen LogP contribution in [0.3, 0.4) is 0 Å². The molecule has 0 saturated heterocycles. The van der Waals surface area contributed by atoms with E-state index >= 15 is 0 Å². The molecule has 0 radical (unpaired) electrons. The van der Waals surface area contributed by atoms with Gasteiger partial charge in [0.1, 0.15) is 69.0 Å². The molecule has 20 aromatic carbocycles. The van der Waals surface area contributed by atoms with Crippen molar-refractivity contribution in [1.82, 2.24) is 0 Å². The number of ether oxygens (including phenoxy) is 6. The normalized spacial score (nSPS) is 13.6. The maximum absolute atomic E-state index is 11.9. The Hall–Kier alpha value is -17.0. The standard InChI is InChI=1S/C70H62O6.C62H46O6/c1-3-5-37-73-55-33-35-65(67(71)45-55)69(61-21-11-7-17-57(61)58-18-8-12-22-62(58)69)51-29-25-49-43-53(31-27-47(49)41-51)75-39-15-16-40-76-54-32-28-48-42-52(30-26-50(48)44-54)70(66-36-34-56(46-68(66)72)74-38-6-4-2)63-23-13-9-19-59(63)60-20-10-14-24-64(60)70;63-45-25-29-57(59(65)37-45)61(53-15-5-1-11-49(53)50-12-2-6-16-54(50)61)43-23-19-41-35-47(27-21-39(41)33-43)67-31-9-10-32-68-48-28-22-40-34-44(24-20-42(40)36-48)62(58-30-26-46(64)38-60(58)66)55-17-7-3-13-51(55)52-14-4-8-18-56(52)62/h7-14,17-36,41-46,71-72H,3-6,15-16,37-40H2,1-2H3;1-8,11-30,33-38,63-66H,9-10,31-32H2. The number of benzene rings is 20. The fourth-order valence-corrected chi connectivity index (χ4v) is 23.5. The first-order valence-corrected chi connectivity index (χ1v) is 50.2. The predicted molar refractivity (Wildman–Crippen MR) is 576 cm³/mol. The number of hydrogen-bond acceptors (Lipinski definition) is 12. The molecule has 0 aliphatic heterocycles. The predicted octanol–water partition coefficient (Wildman–Crippen LogP) is 30.5. The Labute approximate surface area is 838 Å². The van der Waals surface area contributed by atoms with Crippen LogP contribution in [0.5, 0.6) is 69.0 Å². The lowest BCUT2D eigenvalue weighted by Gasteiger charge is -2.34. The fourth-order valence-electron chi connectivity index (χ4n) is 23.5. The highest BCUT2D eigenvalue weighted by Gasteiger charge is 2.52. The summed E-state index contributed by atoms with van der Waals surface area (Å²) in [5.74, 6) is 5.13. The molecule has 0 aromatic heterocycles. The maximum Gasteiger partial charge on any atom is 0.124 e. The number of fused-ring (bicyclic) bond motifs is 16. The maximum atomic E-state index is 11.9. The summed E-state index contributed by atoms with van der Waals surface area (Å²) < 4.78 is 37.3. The lowest BCUT2D eigenvalue weighted by molar-refractivity contribution is 0.267. The van der Waals surface area contributed by atoms with Gasteiger partial charge in [0.15, 0.2) is 0 Å².